The molecule has 0 atom stereocenters. The molecule has 2 aromatic rings. The van der Waals surface area contributed by atoms with Gasteiger partial charge in [0.15, 0.2) is 5.75 Å². The number of aromatic nitrogens is 1. The first kappa shape index (κ1) is 12.4. The molecule has 5 heteroatoms. The Kier molecular flexibility index (Phi) is 3.80. The lowest BCUT2D eigenvalue weighted by molar-refractivity contribution is 0.412. The van der Waals surface area contributed by atoms with Crippen molar-refractivity contribution in [2.75, 3.05) is 7.11 Å². The standard InChI is InChI=1S/C13H9BrN2O2/c1-17-10-2-3-12(11(14)6-10)18-13-8-16-5-4-9(13)7-15/h2-6,8H,1H3. The van der Waals surface area contributed by atoms with E-state index >= 15 is 0 Å². The Bertz CT molecular complexity index is 608. The Morgan fingerprint density at radius 1 is 1.28 bits per heavy atom. The largest absolute Gasteiger partial charge is 0.497 e. The Hall–Kier alpha value is -2.06. The van der Waals surface area contributed by atoms with Crippen LogP contribution in [0.15, 0.2) is 41.1 Å². The second-order valence-electron chi connectivity index (χ2n) is 3.38. The van der Waals surface area contributed by atoms with Crippen LogP contribution < -0.4 is 9.47 Å². The summed E-state index contributed by atoms with van der Waals surface area (Å²) >= 11 is 3.38. The number of methoxy groups -OCH3 is 1. The van der Waals surface area contributed by atoms with E-state index in [2.05, 4.69) is 27.0 Å². The predicted octanol–water partition coefficient (Wildman–Crippen LogP) is 3.52. The van der Waals surface area contributed by atoms with Gasteiger partial charge in [-0.15, -0.1) is 0 Å². The van der Waals surface area contributed by atoms with Gasteiger partial charge in [0.25, 0.3) is 0 Å². The third-order valence-corrected chi connectivity index (χ3v) is 2.88. The van der Waals surface area contributed by atoms with Crippen molar-refractivity contribution in [3.63, 3.8) is 0 Å². The van der Waals surface area contributed by atoms with Crippen LogP contribution in [0.1, 0.15) is 5.56 Å². The molecule has 4 nitrogen and oxygen atoms in total. The topological polar surface area (TPSA) is 55.1 Å². The van der Waals surface area contributed by atoms with Crippen molar-refractivity contribution in [1.82, 2.24) is 4.98 Å². The molecule has 0 fully saturated rings. The number of halogens is 1. The zero-order valence-corrected chi connectivity index (χ0v) is 11.1. The van der Waals surface area contributed by atoms with Crippen molar-refractivity contribution in [3.8, 4) is 23.3 Å². The predicted molar refractivity (Wildman–Crippen MR) is 69.7 cm³/mol. The van der Waals surface area contributed by atoms with Gasteiger partial charge in [0.05, 0.1) is 23.3 Å². The lowest BCUT2D eigenvalue weighted by Gasteiger charge is -2.09. The van der Waals surface area contributed by atoms with Crippen molar-refractivity contribution < 1.29 is 9.47 Å². The Balaban J connectivity index is 2.32. The highest BCUT2D eigenvalue weighted by Gasteiger charge is 2.08. The molecule has 0 amide bonds. The molecule has 2 rings (SSSR count). The first-order valence-electron chi connectivity index (χ1n) is 5.10. The van der Waals surface area contributed by atoms with Crippen LogP contribution >= 0.6 is 15.9 Å². The summed E-state index contributed by atoms with van der Waals surface area (Å²) in [5.41, 5.74) is 0.438. The van der Waals surface area contributed by atoms with Gasteiger partial charge >= 0.3 is 0 Å². The van der Waals surface area contributed by atoms with E-state index < -0.39 is 0 Å². The third kappa shape index (κ3) is 2.60. The number of nitriles is 1. The summed E-state index contributed by atoms with van der Waals surface area (Å²) in [6.07, 6.45) is 3.06. The Labute approximate surface area is 113 Å². The van der Waals surface area contributed by atoms with Crippen LogP contribution in [0.5, 0.6) is 17.2 Å². The highest BCUT2D eigenvalue weighted by Crippen LogP contribution is 2.33. The molecule has 0 radical (unpaired) electrons. The zero-order chi connectivity index (χ0) is 13.0. The summed E-state index contributed by atoms with van der Waals surface area (Å²) in [4.78, 5) is 3.94. The molecular formula is C13H9BrN2O2. The molecule has 1 aromatic heterocycles. The van der Waals surface area contributed by atoms with Crippen LogP contribution in [0.3, 0.4) is 0 Å². The molecule has 18 heavy (non-hydrogen) atoms. The van der Waals surface area contributed by atoms with Gasteiger partial charge < -0.3 is 9.47 Å². The summed E-state index contributed by atoms with van der Waals surface area (Å²) in [5, 5.41) is 8.96. The molecule has 0 saturated heterocycles. The van der Waals surface area contributed by atoms with Crippen LogP contribution in [0.4, 0.5) is 0 Å². The highest BCUT2D eigenvalue weighted by molar-refractivity contribution is 9.10. The minimum atomic E-state index is 0.422. The lowest BCUT2D eigenvalue weighted by atomic mass is 10.2. The van der Waals surface area contributed by atoms with E-state index in [-0.39, 0.29) is 0 Å². The maximum absolute atomic E-state index is 8.96. The molecule has 0 spiro atoms. The van der Waals surface area contributed by atoms with Crippen LogP contribution in [-0.4, -0.2) is 12.1 Å². The van der Waals surface area contributed by atoms with Gasteiger partial charge in [-0.2, -0.15) is 5.26 Å². The van der Waals surface area contributed by atoms with Crippen molar-refractivity contribution in [3.05, 3.63) is 46.7 Å². The van der Waals surface area contributed by atoms with Gasteiger partial charge in [-0.05, 0) is 40.2 Å². The monoisotopic (exact) mass is 304 g/mol. The number of hydrogen-bond donors (Lipinski definition) is 0. The quantitative estimate of drug-likeness (QED) is 0.870. The van der Waals surface area contributed by atoms with Gasteiger partial charge in [-0.1, -0.05) is 0 Å². The first-order chi connectivity index (χ1) is 8.74. The van der Waals surface area contributed by atoms with Crippen molar-refractivity contribution in [1.29, 1.82) is 5.26 Å². The van der Waals surface area contributed by atoms with Crippen molar-refractivity contribution in [2.45, 2.75) is 0 Å². The van der Waals surface area contributed by atoms with E-state index in [0.29, 0.717) is 17.1 Å². The van der Waals surface area contributed by atoms with E-state index in [0.717, 1.165) is 10.2 Å². The van der Waals surface area contributed by atoms with Gasteiger partial charge in [0.1, 0.15) is 17.6 Å². The maximum atomic E-state index is 8.96. The van der Waals surface area contributed by atoms with Gasteiger partial charge in [0, 0.05) is 6.20 Å². The molecule has 1 aromatic carbocycles. The molecule has 0 aliphatic carbocycles. The molecular weight excluding hydrogens is 296 g/mol. The fourth-order valence-corrected chi connectivity index (χ4v) is 1.80. The first-order valence-corrected chi connectivity index (χ1v) is 5.89. The van der Waals surface area contributed by atoms with Crippen LogP contribution in [0.25, 0.3) is 0 Å². The Morgan fingerprint density at radius 2 is 2.11 bits per heavy atom. The molecule has 0 bridgehead atoms. The smallest absolute Gasteiger partial charge is 0.163 e. The van der Waals surface area contributed by atoms with E-state index in [1.807, 2.05) is 0 Å². The Morgan fingerprint density at radius 3 is 2.78 bits per heavy atom. The minimum absolute atomic E-state index is 0.422. The fraction of sp³-hybridized carbons (Fsp3) is 0.0769. The molecule has 0 unspecified atom stereocenters. The van der Waals surface area contributed by atoms with Gasteiger partial charge in [-0.3, -0.25) is 4.98 Å². The van der Waals surface area contributed by atoms with Crippen LogP contribution in [0, 0.1) is 11.3 Å². The number of rotatable bonds is 3. The van der Waals surface area contributed by atoms with Crippen LogP contribution in [-0.2, 0) is 0 Å². The minimum Gasteiger partial charge on any atom is -0.497 e. The average Bonchev–Trinajstić information content (AvgIpc) is 2.41. The van der Waals surface area contributed by atoms with Crippen molar-refractivity contribution in [2.24, 2.45) is 0 Å². The SMILES string of the molecule is COc1ccc(Oc2cnccc2C#N)c(Br)c1. The molecule has 0 aliphatic rings. The summed E-state index contributed by atoms with van der Waals surface area (Å²) in [5.74, 6) is 1.74. The lowest BCUT2D eigenvalue weighted by Crippen LogP contribution is -1.91. The van der Waals surface area contributed by atoms with E-state index in [9.17, 15) is 0 Å². The normalized spacial score (nSPS) is 9.61. The molecule has 0 saturated carbocycles. The summed E-state index contributed by atoms with van der Waals surface area (Å²) < 4.78 is 11.5. The zero-order valence-electron chi connectivity index (χ0n) is 9.55. The summed E-state index contributed by atoms with van der Waals surface area (Å²) in [6, 6.07) is 8.99. The van der Waals surface area contributed by atoms with E-state index in [1.165, 1.54) is 6.20 Å². The molecule has 0 aliphatic heterocycles. The number of nitrogens with zero attached hydrogens (tertiary/aromatic N) is 2. The molecule has 90 valence electrons. The third-order valence-electron chi connectivity index (χ3n) is 2.26. The summed E-state index contributed by atoms with van der Waals surface area (Å²) in [6.45, 7) is 0. The highest BCUT2D eigenvalue weighted by atomic mass is 79.9. The number of pyridine rings is 1. The number of ether oxygens (including phenoxy) is 2. The van der Waals surface area contributed by atoms with E-state index in [4.69, 9.17) is 14.7 Å². The number of hydrogen-bond acceptors (Lipinski definition) is 4. The molecule has 1 heterocycles. The maximum Gasteiger partial charge on any atom is 0.163 e. The van der Waals surface area contributed by atoms with Crippen LogP contribution in [0.2, 0.25) is 0 Å². The average molecular weight is 305 g/mol. The van der Waals surface area contributed by atoms with Crippen molar-refractivity contribution >= 4 is 15.9 Å². The van der Waals surface area contributed by atoms with Gasteiger partial charge in [0.2, 0.25) is 0 Å². The second kappa shape index (κ2) is 5.52. The van der Waals surface area contributed by atoms with E-state index in [1.54, 1.807) is 37.6 Å². The fourth-order valence-electron chi connectivity index (χ4n) is 1.36. The van der Waals surface area contributed by atoms with Gasteiger partial charge in [-0.25, -0.2) is 0 Å². The second-order valence-corrected chi connectivity index (χ2v) is 4.24. The summed E-state index contributed by atoms with van der Waals surface area (Å²) in [7, 11) is 1.59. The number of benzene rings is 1. The molecule has 0 N–H and O–H groups in total.